The first-order chi connectivity index (χ1) is 13.2. The monoisotopic (exact) mass is 399 g/mol. The number of ether oxygens (including phenoxy) is 1. The molecule has 0 fully saturated rings. The van der Waals surface area contributed by atoms with Gasteiger partial charge in [-0.2, -0.15) is 22.0 Å². The summed E-state index contributed by atoms with van der Waals surface area (Å²) >= 11 is 0. The lowest BCUT2D eigenvalue weighted by Gasteiger charge is -2.12. The number of nitrogens with one attached hydrogen (secondary N) is 1. The summed E-state index contributed by atoms with van der Waals surface area (Å²) in [5, 5.41) is 2.50. The molecule has 0 atom stereocenters. The molecule has 3 rings (SSSR count). The van der Waals surface area contributed by atoms with E-state index in [0.717, 1.165) is 4.57 Å². The Morgan fingerprint density at radius 2 is 1.79 bits per heavy atom. The van der Waals surface area contributed by atoms with E-state index in [-0.39, 0.29) is 23.3 Å². The summed E-state index contributed by atoms with van der Waals surface area (Å²) in [7, 11) is 0. The number of imidazole rings is 1. The minimum Gasteiger partial charge on any atom is -0.435 e. The molecule has 5 nitrogen and oxygen atoms in total. The number of hydrogen-bond acceptors (Lipinski definition) is 3. The Bertz CT molecular complexity index is 968. The standard InChI is InChI=1S/C18H14F5N3O2/c19-17(20)28-12-7-5-11(6-8-12)9-24-15(27)10-26-14-4-2-1-3-13(14)25-16(26)18(21,22)23/h1-8,17H,9-10H2,(H,24,27). The van der Waals surface area contributed by atoms with E-state index < -0.39 is 31.1 Å². The number of carbonyl (C=O) groups excluding carboxylic acids is 1. The number of para-hydroxylation sites is 2. The molecule has 2 aromatic carbocycles. The molecule has 0 saturated heterocycles. The van der Waals surface area contributed by atoms with Crippen LogP contribution in [0.2, 0.25) is 0 Å². The molecule has 1 heterocycles. The van der Waals surface area contributed by atoms with Crippen LogP contribution < -0.4 is 10.1 Å². The highest BCUT2D eigenvalue weighted by Gasteiger charge is 2.37. The van der Waals surface area contributed by atoms with Crippen LogP contribution in [0.15, 0.2) is 48.5 Å². The van der Waals surface area contributed by atoms with Crippen molar-refractivity contribution in [1.82, 2.24) is 14.9 Å². The Kier molecular flexibility index (Phi) is 5.48. The first kappa shape index (κ1) is 19.6. The molecule has 3 aromatic rings. The molecule has 0 unspecified atom stereocenters. The Morgan fingerprint density at radius 1 is 1.11 bits per heavy atom. The largest absolute Gasteiger partial charge is 0.449 e. The van der Waals surface area contributed by atoms with Crippen LogP contribution >= 0.6 is 0 Å². The number of benzene rings is 2. The van der Waals surface area contributed by atoms with Gasteiger partial charge in [-0.1, -0.05) is 24.3 Å². The van der Waals surface area contributed by atoms with Crippen molar-refractivity contribution in [2.45, 2.75) is 25.9 Å². The molecule has 28 heavy (non-hydrogen) atoms. The Morgan fingerprint density at radius 3 is 2.43 bits per heavy atom. The average molecular weight is 399 g/mol. The molecule has 0 radical (unpaired) electrons. The Hall–Kier alpha value is -3.17. The third kappa shape index (κ3) is 4.56. The highest BCUT2D eigenvalue weighted by Crippen LogP contribution is 2.31. The zero-order valence-electron chi connectivity index (χ0n) is 14.2. The number of alkyl halides is 5. The lowest BCUT2D eigenvalue weighted by Crippen LogP contribution is -2.29. The van der Waals surface area contributed by atoms with Gasteiger partial charge in [0, 0.05) is 6.54 Å². The normalized spacial score (nSPS) is 11.8. The van der Waals surface area contributed by atoms with Crippen LogP contribution in [0.3, 0.4) is 0 Å². The number of carbonyl (C=O) groups is 1. The molecular weight excluding hydrogens is 385 g/mol. The van der Waals surface area contributed by atoms with Crippen LogP contribution in [-0.2, 0) is 24.1 Å². The Balaban J connectivity index is 1.70. The molecule has 10 heteroatoms. The lowest BCUT2D eigenvalue weighted by molar-refractivity contribution is -0.147. The first-order valence-electron chi connectivity index (χ1n) is 8.07. The summed E-state index contributed by atoms with van der Waals surface area (Å²) in [6, 6.07) is 11.5. The van der Waals surface area contributed by atoms with Gasteiger partial charge in [0.15, 0.2) is 0 Å². The van der Waals surface area contributed by atoms with Crippen LogP contribution in [0.1, 0.15) is 11.4 Å². The molecular formula is C18H14F5N3O2. The van der Waals surface area contributed by atoms with Gasteiger partial charge in [0.05, 0.1) is 11.0 Å². The van der Waals surface area contributed by atoms with Crippen LogP contribution in [0, 0.1) is 0 Å². The van der Waals surface area contributed by atoms with Gasteiger partial charge in [-0.25, -0.2) is 4.98 Å². The Labute approximate surface area is 155 Å². The third-order valence-corrected chi connectivity index (χ3v) is 3.85. The second-order valence-electron chi connectivity index (χ2n) is 5.81. The van der Waals surface area contributed by atoms with Gasteiger partial charge in [0.1, 0.15) is 12.3 Å². The molecule has 1 amide bonds. The summed E-state index contributed by atoms with van der Waals surface area (Å²) < 4.78 is 69.0. The second-order valence-corrected chi connectivity index (χ2v) is 5.81. The number of fused-ring (bicyclic) bond motifs is 1. The van der Waals surface area contributed by atoms with E-state index in [1.54, 1.807) is 12.1 Å². The molecule has 148 valence electrons. The van der Waals surface area contributed by atoms with Gasteiger partial charge in [0.2, 0.25) is 11.7 Å². The van der Waals surface area contributed by atoms with Crippen LogP contribution in [0.5, 0.6) is 5.75 Å². The van der Waals surface area contributed by atoms with Gasteiger partial charge in [-0.15, -0.1) is 0 Å². The van der Waals surface area contributed by atoms with Crippen molar-refractivity contribution in [1.29, 1.82) is 0 Å². The van der Waals surface area contributed by atoms with E-state index in [1.807, 2.05) is 0 Å². The number of nitrogens with zero attached hydrogens (tertiary/aromatic N) is 2. The van der Waals surface area contributed by atoms with Crippen molar-refractivity contribution >= 4 is 16.9 Å². The minimum absolute atomic E-state index is 0.0156. The predicted octanol–water partition coefficient (Wildman–Crippen LogP) is 3.97. The maximum atomic E-state index is 13.2. The molecule has 0 aliphatic rings. The second kappa shape index (κ2) is 7.83. The van der Waals surface area contributed by atoms with Crippen molar-refractivity contribution in [3.8, 4) is 5.75 Å². The van der Waals surface area contributed by atoms with Crippen molar-refractivity contribution in [3.05, 3.63) is 59.9 Å². The number of aromatic nitrogens is 2. The van der Waals surface area contributed by atoms with Gasteiger partial charge < -0.3 is 14.6 Å². The fourth-order valence-electron chi connectivity index (χ4n) is 2.64. The number of amides is 1. The summed E-state index contributed by atoms with van der Waals surface area (Å²) in [6.45, 7) is -3.50. The van der Waals surface area contributed by atoms with Gasteiger partial charge in [-0.3, -0.25) is 4.79 Å². The SMILES string of the molecule is O=C(Cn1c(C(F)(F)F)nc2ccccc21)NCc1ccc(OC(F)F)cc1. The quantitative estimate of drug-likeness (QED) is 0.638. The predicted molar refractivity (Wildman–Crippen MR) is 89.7 cm³/mol. The number of rotatable bonds is 6. The summed E-state index contributed by atoms with van der Waals surface area (Å²) in [5.74, 6) is -1.84. The smallest absolute Gasteiger partial charge is 0.435 e. The number of halogens is 5. The van der Waals surface area contributed by atoms with E-state index in [2.05, 4.69) is 15.0 Å². The van der Waals surface area contributed by atoms with E-state index in [1.165, 1.54) is 36.4 Å². The maximum absolute atomic E-state index is 13.2. The van der Waals surface area contributed by atoms with E-state index in [4.69, 9.17) is 0 Å². The summed E-state index contributed by atoms with van der Waals surface area (Å²) in [6.07, 6.45) is -4.71. The van der Waals surface area contributed by atoms with Crippen molar-refractivity contribution in [2.24, 2.45) is 0 Å². The van der Waals surface area contributed by atoms with E-state index in [0.29, 0.717) is 5.56 Å². The van der Waals surface area contributed by atoms with Crippen molar-refractivity contribution in [3.63, 3.8) is 0 Å². The average Bonchev–Trinajstić information content (AvgIpc) is 3.00. The van der Waals surface area contributed by atoms with Crippen LogP contribution in [0.25, 0.3) is 11.0 Å². The van der Waals surface area contributed by atoms with E-state index in [9.17, 15) is 26.7 Å². The molecule has 0 spiro atoms. The molecule has 0 aliphatic carbocycles. The van der Waals surface area contributed by atoms with Crippen molar-refractivity contribution in [2.75, 3.05) is 0 Å². The highest BCUT2D eigenvalue weighted by molar-refractivity contribution is 5.81. The zero-order chi connectivity index (χ0) is 20.3. The van der Waals surface area contributed by atoms with Crippen molar-refractivity contribution < 1.29 is 31.5 Å². The first-order valence-corrected chi connectivity index (χ1v) is 8.07. The molecule has 1 aromatic heterocycles. The fraction of sp³-hybridized carbons (Fsp3) is 0.222. The van der Waals surface area contributed by atoms with Crippen LogP contribution in [0.4, 0.5) is 22.0 Å². The van der Waals surface area contributed by atoms with Gasteiger partial charge in [0.25, 0.3) is 0 Å². The van der Waals surface area contributed by atoms with Gasteiger partial charge >= 0.3 is 12.8 Å². The maximum Gasteiger partial charge on any atom is 0.449 e. The van der Waals surface area contributed by atoms with Crippen LogP contribution in [-0.4, -0.2) is 22.1 Å². The summed E-state index contributed by atoms with van der Waals surface area (Å²) in [4.78, 5) is 15.7. The highest BCUT2D eigenvalue weighted by atomic mass is 19.4. The summed E-state index contributed by atoms with van der Waals surface area (Å²) in [5.41, 5.74) is 0.900. The lowest BCUT2D eigenvalue weighted by atomic mass is 10.2. The molecule has 0 bridgehead atoms. The molecule has 1 N–H and O–H groups in total. The molecule has 0 saturated carbocycles. The minimum atomic E-state index is -4.71. The van der Waals surface area contributed by atoms with Gasteiger partial charge in [-0.05, 0) is 29.8 Å². The molecule has 0 aliphatic heterocycles. The number of hydrogen-bond donors (Lipinski definition) is 1. The third-order valence-electron chi connectivity index (χ3n) is 3.85. The zero-order valence-corrected chi connectivity index (χ0v) is 14.2. The topological polar surface area (TPSA) is 56.2 Å². The fourth-order valence-corrected chi connectivity index (χ4v) is 2.64. The van der Waals surface area contributed by atoms with E-state index >= 15 is 0 Å².